The zero-order chi connectivity index (χ0) is 16.9. The fraction of sp³-hybridized carbons (Fsp3) is 0.500. The quantitative estimate of drug-likeness (QED) is 0.419. The highest BCUT2D eigenvalue weighted by molar-refractivity contribution is 9.08. The molecule has 22 heavy (non-hydrogen) atoms. The molecule has 1 heterocycles. The third-order valence-corrected chi connectivity index (χ3v) is 2.98. The van der Waals surface area contributed by atoms with E-state index >= 15 is 0 Å². The van der Waals surface area contributed by atoms with Gasteiger partial charge in [-0.2, -0.15) is 0 Å². The topological polar surface area (TPSA) is 48.4 Å². The number of rotatable bonds is 6. The number of carbonyl (C=O) groups is 1. The van der Waals surface area contributed by atoms with Gasteiger partial charge in [0.2, 0.25) is 5.88 Å². The number of pyridine rings is 1. The van der Waals surface area contributed by atoms with E-state index in [0.29, 0.717) is 0 Å². The standard InChI is InChI=1S/C12H11BrF5NO3/c1-2-21-8(20)4-6-3-7(5-13)9(10(14)15)19-11(6)22-12(16,17)18/h3,10H,2,4-5H2,1H3. The molecule has 0 spiro atoms. The molecule has 0 aromatic carbocycles. The minimum absolute atomic E-state index is 0.0299. The van der Waals surface area contributed by atoms with Crippen LogP contribution in [0.4, 0.5) is 22.0 Å². The molecule has 0 N–H and O–H groups in total. The summed E-state index contributed by atoms with van der Waals surface area (Å²) in [6.07, 6.45) is -8.78. The van der Waals surface area contributed by atoms with E-state index < -0.39 is 36.8 Å². The summed E-state index contributed by atoms with van der Waals surface area (Å²) in [5, 5.41) is -0.0677. The fourth-order valence-electron chi connectivity index (χ4n) is 1.59. The minimum Gasteiger partial charge on any atom is -0.466 e. The number of alkyl halides is 6. The maximum atomic E-state index is 12.8. The molecule has 1 aromatic rings. The molecule has 0 amide bonds. The van der Waals surface area contributed by atoms with Crippen molar-refractivity contribution in [1.82, 2.24) is 4.98 Å². The third kappa shape index (κ3) is 5.39. The van der Waals surface area contributed by atoms with Gasteiger partial charge < -0.3 is 9.47 Å². The van der Waals surface area contributed by atoms with Crippen molar-refractivity contribution in [3.05, 3.63) is 22.9 Å². The molecule has 1 rings (SSSR count). The average molecular weight is 392 g/mol. The summed E-state index contributed by atoms with van der Waals surface area (Å²) in [4.78, 5) is 14.6. The van der Waals surface area contributed by atoms with E-state index in [2.05, 4.69) is 30.4 Å². The van der Waals surface area contributed by atoms with Crippen molar-refractivity contribution in [2.75, 3.05) is 6.61 Å². The predicted molar refractivity (Wildman–Crippen MR) is 68.8 cm³/mol. The molecule has 1 aromatic heterocycles. The van der Waals surface area contributed by atoms with Crippen molar-refractivity contribution in [2.24, 2.45) is 0 Å². The van der Waals surface area contributed by atoms with Gasteiger partial charge in [0.05, 0.1) is 13.0 Å². The first-order chi connectivity index (χ1) is 10.2. The second kappa shape index (κ2) is 7.70. The number of esters is 1. The van der Waals surface area contributed by atoms with Crippen LogP contribution in [0.2, 0.25) is 0 Å². The van der Waals surface area contributed by atoms with E-state index in [-0.39, 0.29) is 23.1 Å². The van der Waals surface area contributed by atoms with Crippen LogP contribution in [0.1, 0.15) is 30.2 Å². The van der Waals surface area contributed by atoms with Crippen LogP contribution in [-0.4, -0.2) is 23.9 Å². The van der Waals surface area contributed by atoms with Gasteiger partial charge in [-0.25, -0.2) is 13.8 Å². The molecule has 0 radical (unpaired) electrons. The average Bonchev–Trinajstić information content (AvgIpc) is 2.38. The van der Waals surface area contributed by atoms with E-state index in [1.807, 2.05) is 0 Å². The molecule has 124 valence electrons. The van der Waals surface area contributed by atoms with Crippen LogP contribution in [0.25, 0.3) is 0 Å². The van der Waals surface area contributed by atoms with Crippen LogP contribution in [0, 0.1) is 0 Å². The Morgan fingerprint density at radius 1 is 1.36 bits per heavy atom. The van der Waals surface area contributed by atoms with E-state index in [4.69, 9.17) is 0 Å². The number of carbonyl (C=O) groups excluding carboxylic acids is 1. The van der Waals surface area contributed by atoms with E-state index in [9.17, 15) is 26.7 Å². The molecule has 0 aliphatic heterocycles. The van der Waals surface area contributed by atoms with Gasteiger partial charge in [-0.1, -0.05) is 15.9 Å². The highest BCUT2D eigenvalue weighted by Crippen LogP contribution is 2.31. The summed E-state index contributed by atoms with van der Waals surface area (Å²) >= 11 is 2.94. The lowest BCUT2D eigenvalue weighted by atomic mass is 10.1. The number of hydrogen-bond donors (Lipinski definition) is 0. The molecule has 0 bridgehead atoms. The van der Waals surface area contributed by atoms with Crippen LogP contribution in [0.15, 0.2) is 6.07 Å². The highest BCUT2D eigenvalue weighted by Gasteiger charge is 2.34. The molecule has 0 aliphatic carbocycles. The Kier molecular flexibility index (Phi) is 6.51. The molecular weight excluding hydrogens is 381 g/mol. The van der Waals surface area contributed by atoms with Gasteiger partial charge in [0.15, 0.2) is 0 Å². The smallest absolute Gasteiger partial charge is 0.466 e. The first-order valence-electron chi connectivity index (χ1n) is 5.96. The molecule has 10 heteroatoms. The first-order valence-corrected chi connectivity index (χ1v) is 7.08. The zero-order valence-electron chi connectivity index (χ0n) is 11.2. The molecule has 4 nitrogen and oxygen atoms in total. The van der Waals surface area contributed by atoms with E-state index in [1.165, 1.54) is 6.92 Å². The van der Waals surface area contributed by atoms with E-state index in [1.54, 1.807) is 0 Å². The Bertz CT molecular complexity index is 536. The number of nitrogens with zero attached hydrogens (tertiary/aromatic N) is 1. The van der Waals surface area contributed by atoms with Crippen molar-refractivity contribution >= 4 is 21.9 Å². The number of ether oxygens (including phenoxy) is 2. The van der Waals surface area contributed by atoms with Crippen molar-refractivity contribution in [3.8, 4) is 5.88 Å². The van der Waals surface area contributed by atoms with Gasteiger partial charge in [-0.3, -0.25) is 4.79 Å². The third-order valence-electron chi connectivity index (χ3n) is 2.38. The Balaban J connectivity index is 3.28. The second-order valence-electron chi connectivity index (χ2n) is 3.96. The van der Waals surface area contributed by atoms with Gasteiger partial charge in [0.25, 0.3) is 6.43 Å². The molecular formula is C12H11BrF5NO3. The SMILES string of the molecule is CCOC(=O)Cc1cc(CBr)c(C(F)F)nc1OC(F)(F)F. The lowest BCUT2D eigenvalue weighted by Gasteiger charge is -2.15. The molecule has 0 atom stereocenters. The lowest BCUT2D eigenvalue weighted by molar-refractivity contribution is -0.276. The normalized spacial score (nSPS) is 11.6. The summed E-state index contributed by atoms with van der Waals surface area (Å²) in [7, 11) is 0. The summed E-state index contributed by atoms with van der Waals surface area (Å²) in [6, 6.07) is 1.02. The van der Waals surface area contributed by atoms with Crippen LogP contribution in [0.5, 0.6) is 5.88 Å². The number of halogens is 6. The van der Waals surface area contributed by atoms with Crippen molar-refractivity contribution in [2.45, 2.75) is 31.5 Å². The minimum atomic E-state index is -5.12. The number of aromatic nitrogens is 1. The highest BCUT2D eigenvalue weighted by atomic mass is 79.9. The van der Waals surface area contributed by atoms with Crippen LogP contribution in [-0.2, 0) is 21.3 Å². The van der Waals surface area contributed by atoms with Gasteiger partial charge in [-0.15, -0.1) is 13.2 Å². The Morgan fingerprint density at radius 3 is 2.45 bits per heavy atom. The second-order valence-corrected chi connectivity index (χ2v) is 4.52. The summed E-state index contributed by atoms with van der Waals surface area (Å²) in [6.45, 7) is 1.55. The maximum Gasteiger partial charge on any atom is 0.574 e. The van der Waals surface area contributed by atoms with Crippen LogP contribution in [0.3, 0.4) is 0 Å². The fourth-order valence-corrected chi connectivity index (χ4v) is 2.04. The Hall–Kier alpha value is -1.45. The lowest BCUT2D eigenvalue weighted by Crippen LogP contribution is -2.21. The van der Waals surface area contributed by atoms with Gasteiger partial charge in [-0.05, 0) is 18.6 Å². The summed E-state index contributed by atoms with van der Waals surface area (Å²) in [5.74, 6) is -1.90. The maximum absolute atomic E-state index is 12.8. The van der Waals surface area contributed by atoms with Gasteiger partial charge >= 0.3 is 12.3 Å². The van der Waals surface area contributed by atoms with Gasteiger partial charge in [0, 0.05) is 10.9 Å². The monoisotopic (exact) mass is 391 g/mol. The van der Waals surface area contributed by atoms with Gasteiger partial charge in [0.1, 0.15) is 5.69 Å². The van der Waals surface area contributed by atoms with E-state index in [0.717, 1.165) is 6.07 Å². The molecule has 0 aliphatic rings. The summed E-state index contributed by atoms with van der Waals surface area (Å²) in [5.41, 5.74) is -1.16. The molecule has 0 unspecified atom stereocenters. The van der Waals surface area contributed by atoms with Crippen LogP contribution < -0.4 is 4.74 Å². The van der Waals surface area contributed by atoms with Crippen molar-refractivity contribution < 1.29 is 36.2 Å². The molecule has 0 saturated carbocycles. The zero-order valence-corrected chi connectivity index (χ0v) is 12.8. The van der Waals surface area contributed by atoms with Crippen molar-refractivity contribution in [1.29, 1.82) is 0 Å². The van der Waals surface area contributed by atoms with Crippen LogP contribution >= 0.6 is 15.9 Å². The molecule has 0 saturated heterocycles. The first kappa shape index (κ1) is 18.6. The Labute approximate surface area is 130 Å². The Morgan fingerprint density at radius 2 is 2.00 bits per heavy atom. The van der Waals surface area contributed by atoms with Crippen molar-refractivity contribution in [3.63, 3.8) is 0 Å². The largest absolute Gasteiger partial charge is 0.574 e. The molecule has 0 fully saturated rings. The summed E-state index contributed by atoms with van der Waals surface area (Å²) < 4.78 is 71.0. The number of hydrogen-bond acceptors (Lipinski definition) is 4. The predicted octanol–water partition coefficient (Wildman–Crippen LogP) is 3.92.